The lowest BCUT2D eigenvalue weighted by molar-refractivity contribution is -0.115. The predicted molar refractivity (Wildman–Crippen MR) is 256 cm³/mol. The number of nitrogens with one attached hydrogen (secondary N) is 5. The monoisotopic (exact) mass is 1480 g/mol. The van der Waals surface area contributed by atoms with E-state index in [0.717, 1.165) is 4.90 Å². The Kier molecular flexibility index (Phi) is 22.8. The van der Waals surface area contributed by atoms with Crippen molar-refractivity contribution in [1.82, 2.24) is 20.9 Å². The molecule has 12 N–H and O–H groups in total. The largest absolute Gasteiger partial charge is 0.394 e. The maximum Gasteiger partial charge on any atom is 0.256 e. The van der Waals surface area contributed by atoms with Crippen molar-refractivity contribution in [3.8, 4) is 0 Å². The average Bonchev–Trinajstić information content (AvgIpc) is 3.14. The molecule has 0 bridgehead atoms. The van der Waals surface area contributed by atoms with E-state index in [9.17, 15) is 59.4 Å². The second-order valence-corrected chi connectivity index (χ2v) is 18.5. The summed E-state index contributed by atoms with van der Waals surface area (Å²) in [5.41, 5.74) is 0.0331. The number of aliphatic hydroxyl groups excluding tert-OH is 7. The molecule has 0 aromatic heterocycles. The second kappa shape index (κ2) is 24.7. The molecule has 0 saturated carbocycles. The number of amides is 6. The minimum atomic E-state index is -1.52. The van der Waals surface area contributed by atoms with Crippen LogP contribution >= 0.6 is 136 Å². The van der Waals surface area contributed by atoms with Gasteiger partial charge in [0.2, 0.25) is 11.8 Å². The van der Waals surface area contributed by atoms with Gasteiger partial charge in [-0.3, -0.25) is 28.8 Å². The maximum atomic E-state index is 14.3. The highest BCUT2D eigenvalue weighted by atomic mass is 127. The van der Waals surface area contributed by atoms with Gasteiger partial charge in [-0.1, -0.05) is 0 Å². The molecule has 0 heterocycles. The average molecular weight is 1480 g/mol. The van der Waals surface area contributed by atoms with Crippen molar-refractivity contribution in [2.24, 2.45) is 0 Å². The summed E-state index contributed by atoms with van der Waals surface area (Å²) < 4.78 is 1.24. The summed E-state index contributed by atoms with van der Waals surface area (Å²) in [5.74, 6) is -4.11. The molecule has 2 aromatic carbocycles. The lowest BCUT2D eigenvalue weighted by atomic mass is 10.1. The second-order valence-electron chi connectivity index (χ2n) is 12.0. The number of nitrogens with zero attached hydrogens (tertiary/aromatic N) is 1. The summed E-state index contributed by atoms with van der Waals surface area (Å²) in [6.45, 7) is -1.77. The molecule has 0 saturated heterocycles. The molecule has 2 aromatic rings. The van der Waals surface area contributed by atoms with Gasteiger partial charge in [-0.15, -0.1) is 0 Å². The van der Waals surface area contributed by atoms with Crippen molar-refractivity contribution in [1.29, 1.82) is 0 Å². The van der Waals surface area contributed by atoms with E-state index in [4.69, 9.17) is 5.11 Å². The smallest absolute Gasteiger partial charge is 0.256 e. The first-order valence-corrected chi connectivity index (χ1v) is 22.7. The topological polar surface area (TPSA) is 307 Å². The lowest BCUT2D eigenvalue weighted by Crippen LogP contribution is -2.47. The van der Waals surface area contributed by atoms with Crippen LogP contribution in [0.2, 0.25) is 0 Å². The standard InChI is InChI=1S/C32H38I6N6O13/c1-11(48)42-27-23(35)17(21(33)18(24(27)36)30(55)40-4-14(51)8-45)29(54)39-3-13(50)6-44(7-16(53)10-47)32(57)20-22(34)19(31(56)41-5-15(52)9-46)25(37)28(26(20)38)43-12(2)49/h13-16,45-47,50-53H,3-10H2,1-2H3,(H,39,54)(H,40,55)(H,41,56)(H,42,48)(H,43,49). The molecule has 4 atom stereocenters. The quantitative estimate of drug-likeness (QED) is 0.0825. The third kappa shape index (κ3) is 14.5. The van der Waals surface area contributed by atoms with Crippen LogP contribution in [-0.2, 0) is 9.59 Å². The van der Waals surface area contributed by atoms with Gasteiger partial charge in [0.1, 0.15) is 0 Å². The SMILES string of the molecule is CC(=O)Nc1c(I)c(C(=O)NCC(O)CO)c(I)c(C(=O)NCC(O)CN(CC(O)CO)C(=O)c2c(I)c(NC(C)=O)c(I)c(C(=O)NCC(O)CO)c2I)c1I. The fourth-order valence-corrected chi connectivity index (χ4v) is 13.5. The van der Waals surface area contributed by atoms with Gasteiger partial charge in [-0.05, 0) is 136 Å². The van der Waals surface area contributed by atoms with E-state index in [1.165, 1.54) is 13.8 Å². The van der Waals surface area contributed by atoms with Crippen LogP contribution in [0.15, 0.2) is 0 Å². The number of carbonyl (C=O) groups is 6. The third-order valence-electron chi connectivity index (χ3n) is 7.41. The molecule has 0 aliphatic carbocycles. The van der Waals surface area contributed by atoms with Crippen LogP contribution in [0, 0.1) is 21.4 Å². The molecular weight excluding hydrogens is 1440 g/mol. The van der Waals surface area contributed by atoms with Gasteiger partial charge in [-0.2, -0.15) is 0 Å². The first kappa shape index (κ1) is 52.5. The van der Waals surface area contributed by atoms with Crippen molar-refractivity contribution in [2.75, 3.05) is 63.2 Å². The van der Waals surface area contributed by atoms with Crippen LogP contribution < -0.4 is 26.6 Å². The Hall–Kier alpha value is -0.640. The number of benzene rings is 2. The van der Waals surface area contributed by atoms with Crippen LogP contribution in [0.4, 0.5) is 11.4 Å². The number of halogens is 6. The number of anilines is 2. The van der Waals surface area contributed by atoms with Gasteiger partial charge in [-0.25, -0.2) is 0 Å². The summed E-state index contributed by atoms with van der Waals surface area (Å²) in [5, 5.41) is 81.9. The van der Waals surface area contributed by atoms with Crippen molar-refractivity contribution in [3.63, 3.8) is 0 Å². The van der Waals surface area contributed by atoms with E-state index in [0.29, 0.717) is 0 Å². The van der Waals surface area contributed by atoms with Crippen molar-refractivity contribution < 1.29 is 64.5 Å². The highest BCUT2D eigenvalue weighted by Gasteiger charge is 2.33. The number of hydrogen-bond donors (Lipinski definition) is 12. The van der Waals surface area contributed by atoms with Gasteiger partial charge in [0.05, 0.1) is 92.1 Å². The van der Waals surface area contributed by atoms with E-state index >= 15 is 0 Å². The molecule has 19 nitrogen and oxygen atoms in total. The zero-order valence-electron chi connectivity index (χ0n) is 29.8. The molecule has 0 spiro atoms. The predicted octanol–water partition coefficient (Wildman–Crippen LogP) is -0.0167. The fraction of sp³-hybridized carbons (Fsp3) is 0.438. The van der Waals surface area contributed by atoms with Gasteiger partial charge >= 0.3 is 0 Å². The first-order chi connectivity index (χ1) is 26.6. The van der Waals surface area contributed by atoms with Crippen molar-refractivity contribution in [2.45, 2.75) is 38.3 Å². The number of hydrogen-bond acceptors (Lipinski definition) is 13. The number of aliphatic hydroxyl groups is 7. The molecule has 0 aliphatic heterocycles. The molecule has 0 fully saturated rings. The van der Waals surface area contributed by atoms with Crippen LogP contribution in [0.5, 0.6) is 0 Å². The maximum absolute atomic E-state index is 14.3. The molecule has 2 rings (SSSR count). The summed E-state index contributed by atoms with van der Waals surface area (Å²) in [4.78, 5) is 80.0. The first-order valence-electron chi connectivity index (χ1n) is 16.3. The highest BCUT2D eigenvalue weighted by molar-refractivity contribution is 14.1. The molecule has 57 heavy (non-hydrogen) atoms. The molecule has 25 heteroatoms. The zero-order valence-corrected chi connectivity index (χ0v) is 42.7. The zero-order chi connectivity index (χ0) is 43.5. The molecule has 0 aliphatic rings. The Labute approximate surface area is 407 Å². The normalized spacial score (nSPS) is 13.2. The molecule has 4 unspecified atom stereocenters. The molecule has 0 radical (unpaired) electrons. The summed E-state index contributed by atoms with van der Waals surface area (Å²) >= 11 is 10.8. The van der Waals surface area contributed by atoms with Crippen LogP contribution in [0.1, 0.15) is 55.3 Å². The number of rotatable bonds is 19. The van der Waals surface area contributed by atoms with Crippen LogP contribution in [0.25, 0.3) is 0 Å². The van der Waals surface area contributed by atoms with E-state index in [1.54, 1.807) is 45.2 Å². The summed E-state index contributed by atoms with van der Waals surface area (Å²) in [6.07, 6.45) is -5.54. The lowest BCUT2D eigenvalue weighted by Gasteiger charge is -2.29. The van der Waals surface area contributed by atoms with Gasteiger partial charge in [0.15, 0.2) is 0 Å². The van der Waals surface area contributed by atoms with Crippen molar-refractivity contribution >= 4 is 182 Å². The third-order valence-corrected chi connectivity index (χ3v) is 13.9. The van der Waals surface area contributed by atoms with Crippen molar-refractivity contribution in [3.05, 3.63) is 43.7 Å². The van der Waals surface area contributed by atoms with E-state index in [2.05, 4.69) is 26.6 Å². The Bertz CT molecular complexity index is 1870. The highest BCUT2D eigenvalue weighted by Crippen LogP contribution is 2.37. The van der Waals surface area contributed by atoms with Crippen LogP contribution in [0.3, 0.4) is 0 Å². The molecule has 316 valence electrons. The minimum absolute atomic E-state index is 0.0102. The van der Waals surface area contributed by atoms with Gasteiger partial charge in [0.25, 0.3) is 23.6 Å². The fourth-order valence-electron chi connectivity index (χ4n) is 4.74. The Morgan fingerprint density at radius 1 is 0.491 bits per heavy atom. The van der Waals surface area contributed by atoms with E-state index in [1.807, 2.05) is 90.4 Å². The Morgan fingerprint density at radius 3 is 1.12 bits per heavy atom. The van der Waals surface area contributed by atoms with Gasteiger partial charge < -0.3 is 67.2 Å². The van der Waals surface area contributed by atoms with E-state index < -0.39 is 99.3 Å². The Morgan fingerprint density at radius 2 is 0.789 bits per heavy atom. The number of carbonyl (C=O) groups excluding carboxylic acids is 6. The molecular formula is C32H38I6N6O13. The summed E-state index contributed by atoms with van der Waals surface area (Å²) in [6, 6.07) is 0. The molecule has 6 amide bonds. The van der Waals surface area contributed by atoms with E-state index in [-0.39, 0.29) is 68.1 Å². The summed E-state index contributed by atoms with van der Waals surface area (Å²) in [7, 11) is 0. The Balaban J connectivity index is 2.56. The van der Waals surface area contributed by atoms with Crippen LogP contribution in [-0.4, -0.2) is 153 Å². The minimum Gasteiger partial charge on any atom is -0.394 e. The van der Waals surface area contributed by atoms with Gasteiger partial charge in [0, 0.05) is 53.7 Å².